The molecule has 1 aliphatic rings. The van der Waals surface area contributed by atoms with Crippen LogP contribution in [0.25, 0.3) is 17.1 Å². The Labute approximate surface area is 211 Å². The van der Waals surface area contributed by atoms with Crippen LogP contribution in [-0.2, 0) is 16.2 Å². The van der Waals surface area contributed by atoms with E-state index >= 15 is 0 Å². The third kappa shape index (κ3) is 5.27. The van der Waals surface area contributed by atoms with Crippen molar-refractivity contribution in [1.29, 1.82) is 0 Å². The van der Waals surface area contributed by atoms with Crippen molar-refractivity contribution >= 4 is 29.8 Å². The van der Waals surface area contributed by atoms with Crippen molar-refractivity contribution in [3.05, 3.63) is 63.9 Å². The summed E-state index contributed by atoms with van der Waals surface area (Å²) in [5, 5.41) is 5.64. The molecule has 1 aromatic heterocycles. The molecule has 6 nitrogen and oxygen atoms in total. The second kappa shape index (κ2) is 10.8. The van der Waals surface area contributed by atoms with Gasteiger partial charge in [-0.3, -0.25) is 14.3 Å². The normalized spacial score (nSPS) is 16.7. The summed E-state index contributed by atoms with van der Waals surface area (Å²) in [6.45, 7) is 8.67. The van der Waals surface area contributed by atoms with Crippen molar-refractivity contribution in [2.75, 3.05) is 19.7 Å². The van der Waals surface area contributed by atoms with Gasteiger partial charge in [0.15, 0.2) is 5.82 Å². The molecular formula is C26H31ClN4O2S. The molecule has 0 saturated carbocycles. The number of para-hydroxylation sites is 1. The molecule has 8 heteroatoms. The summed E-state index contributed by atoms with van der Waals surface area (Å²) in [6, 6.07) is 16.0. The minimum Gasteiger partial charge on any atom is -0.466 e. The predicted molar refractivity (Wildman–Crippen MR) is 138 cm³/mol. The van der Waals surface area contributed by atoms with Gasteiger partial charge in [0.1, 0.15) is 0 Å². The number of hydrogen-bond donors (Lipinski definition) is 0. The fourth-order valence-corrected chi connectivity index (χ4v) is 4.92. The summed E-state index contributed by atoms with van der Waals surface area (Å²) >= 11 is 12.1. The SMILES string of the molecule is CCOC(=O)[C@@H]1CCCN(Cn2nc(-c3ccc(Cl)cc3)n(-c3ccccc3C(C)C)c2=S)C1. The summed E-state index contributed by atoms with van der Waals surface area (Å²) in [5.41, 5.74) is 3.17. The van der Waals surface area contributed by atoms with Crippen LogP contribution in [0.4, 0.5) is 0 Å². The minimum absolute atomic E-state index is 0.109. The zero-order valence-electron chi connectivity index (χ0n) is 19.9. The van der Waals surface area contributed by atoms with Crippen LogP contribution in [0, 0.1) is 10.7 Å². The third-order valence-corrected chi connectivity index (χ3v) is 6.85. The molecule has 0 aliphatic carbocycles. The smallest absolute Gasteiger partial charge is 0.310 e. The van der Waals surface area contributed by atoms with Gasteiger partial charge in [0.25, 0.3) is 0 Å². The Morgan fingerprint density at radius 1 is 1.21 bits per heavy atom. The van der Waals surface area contributed by atoms with E-state index in [1.54, 1.807) is 0 Å². The first-order chi connectivity index (χ1) is 16.4. The molecule has 0 bridgehead atoms. The van der Waals surface area contributed by atoms with E-state index in [2.05, 4.69) is 41.5 Å². The Balaban J connectivity index is 1.74. The number of nitrogens with zero attached hydrogens (tertiary/aromatic N) is 4. The number of carbonyl (C=O) groups excluding carboxylic acids is 1. The van der Waals surface area contributed by atoms with Crippen LogP contribution >= 0.6 is 23.8 Å². The maximum Gasteiger partial charge on any atom is 0.310 e. The van der Waals surface area contributed by atoms with Crippen LogP contribution in [0.3, 0.4) is 0 Å². The Kier molecular flexibility index (Phi) is 7.86. The number of rotatable bonds is 7. The van der Waals surface area contributed by atoms with Crippen molar-refractivity contribution in [2.45, 2.75) is 46.2 Å². The number of carbonyl (C=O) groups is 1. The summed E-state index contributed by atoms with van der Waals surface area (Å²) < 4.78 is 9.81. The monoisotopic (exact) mass is 498 g/mol. The van der Waals surface area contributed by atoms with E-state index in [0.29, 0.717) is 35.5 Å². The number of benzene rings is 2. The number of halogens is 1. The molecule has 0 radical (unpaired) electrons. The highest BCUT2D eigenvalue weighted by Crippen LogP contribution is 2.29. The van der Waals surface area contributed by atoms with Gasteiger partial charge in [-0.05, 0) is 80.3 Å². The molecule has 34 heavy (non-hydrogen) atoms. The first-order valence-corrected chi connectivity index (χ1v) is 12.6. The maximum absolute atomic E-state index is 12.3. The van der Waals surface area contributed by atoms with Crippen LogP contribution < -0.4 is 0 Å². The molecule has 2 heterocycles. The molecule has 4 rings (SSSR count). The Morgan fingerprint density at radius 2 is 1.94 bits per heavy atom. The molecule has 0 unspecified atom stereocenters. The number of esters is 1. The Hall–Kier alpha value is -2.48. The highest BCUT2D eigenvalue weighted by atomic mass is 35.5. The Bertz CT molecular complexity index is 1200. The average Bonchev–Trinajstić information content (AvgIpc) is 3.15. The molecular weight excluding hydrogens is 468 g/mol. The number of hydrogen-bond acceptors (Lipinski definition) is 5. The van der Waals surface area contributed by atoms with E-state index in [-0.39, 0.29) is 11.9 Å². The first-order valence-electron chi connectivity index (χ1n) is 11.8. The second-order valence-corrected chi connectivity index (χ2v) is 9.77. The molecule has 180 valence electrons. The van der Waals surface area contributed by atoms with Crippen LogP contribution in [0.1, 0.15) is 45.1 Å². The molecule has 0 spiro atoms. The summed E-state index contributed by atoms with van der Waals surface area (Å²) in [7, 11) is 0. The quantitative estimate of drug-likeness (QED) is 0.292. The lowest BCUT2D eigenvalue weighted by atomic mass is 9.99. The van der Waals surface area contributed by atoms with Gasteiger partial charge in [-0.1, -0.05) is 43.6 Å². The van der Waals surface area contributed by atoms with Crippen LogP contribution in [0.2, 0.25) is 5.02 Å². The van der Waals surface area contributed by atoms with E-state index in [1.165, 1.54) is 5.56 Å². The van der Waals surface area contributed by atoms with Crippen LogP contribution in [0.15, 0.2) is 48.5 Å². The second-order valence-electron chi connectivity index (χ2n) is 8.97. The Morgan fingerprint density at radius 3 is 2.65 bits per heavy atom. The third-order valence-electron chi connectivity index (χ3n) is 6.20. The average molecular weight is 499 g/mol. The van der Waals surface area contributed by atoms with Gasteiger partial charge in [0.2, 0.25) is 4.77 Å². The first kappa shape index (κ1) is 24.6. The molecule has 0 N–H and O–H groups in total. The van der Waals surface area contributed by atoms with Gasteiger partial charge in [0, 0.05) is 17.1 Å². The van der Waals surface area contributed by atoms with Crippen molar-refractivity contribution < 1.29 is 9.53 Å². The predicted octanol–water partition coefficient (Wildman–Crippen LogP) is 6.08. The van der Waals surface area contributed by atoms with E-state index in [1.807, 2.05) is 41.9 Å². The molecule has 1 saturated heterocycles. The van der Waals surface area contributed by atoms with E-state index in [4.69, 9.17) is 33.7 Å². The van der Waals surface area contributed by atoms with Gasteiger partial charge in [-0.15, -0.1) is 5.10 Å². The minimum atomic E-state index is -0.117. The zero-order chi connectivity index (χ0) is 24.2. The largest absolute Gasteiger partial charge is 0.466 e. The number of aromatic nitrogens is 3. The molecule has 2 aromatic carbocycles. The molecule has 1 aliphatic heterocycles. The topological polar surface area (TPSA) is 52.3 Å². The van der Waals surface area contributed by atoms with Gasteiger partial charge < -0.3 is 4.74 Å². The standard InChI is InChI=1S/C26H31ClN4O2S/c1-4-33-25(32)20-8-7-15-29(16-20)17-30-26(34)31(23-10-6-5-9-22(23)18(2)3)24(28-30)19-11-13-21(27)14-12-19/h5-6,9-14,18,20H,4,7-8,15-17H2,1-3H3/t20-/m1/s1. The van der Waals surface area contributed by atoms with Crippen molar-refractivity contribution in [3.63, 3.8) is 0 Å². The van der Waals surface area contributed by atoms with E-state index < -0.39 is 0 Å². The number of piperidine rings is 1. The van der Waals surface area contributed by atoms with Crippen molar-refractivity contribution in [1.82, 2.24) is 19.2 Å². The number of ether oxygens (including phenoxy) is 1. The number of likely N-dealkylation sites (tertiary alicyclic amines) is 1. The summed E-state index contributed by atoms with van der Waals surface area (Å²) in [6.07, 6.45) is 1.80. The van der Waals surface area contributed by atoms with Crippen LogP contribution in [-0.4, -0.2) is 44.9 Å². The lowest BCUT2D eigenvalue weighted by molar-refractivity contribution is -0.150. The van der Waals surface area contributed by atoms with E-state index in [9.17, 15) is 4.79 Å². The molecule has 0 amide bonds. The highest BCUT2D eigenvalue weighted by Gasteiger charge is 2.28. The fraction of sp³-hybridized carbons (Fsp3) is 0.423. The lowest BCUT2D eigenvalue weighted by Crippen LogP contribution is -2.40. The van der Waals surface area contributed by atoms with Crippen molar-refractivity contribution in [3.8, 4) is 17.1 Å². The molecule has 3 aromatic rings. The van der Waals surface area contributed by atoms with Gasteiger partial charge in [-0.25, -0.2) is 4.68 Å². The van der Waals surface area contributed by atoms with E-state index in [0.717, 1.165) is 36.5 Å². The molecule has 1 atom stereocenters. The van der Waals surface area contributed by atoms with Crippen molar-refractivity contribution in [2.24, 2.45) is 5.92 Å². The highest BCUT2D eigenvalue weighted by molar-refractivity contribution is 7.71. The summed E-state index contributed by atoms with van der Waals surface area (Å²) in [4.78, 5) is 14.5. The molecule has 1 fully saturated rings. The zero-order valence-corrected chi connectivity index (χ0v) is 21.5. The summed E-state index contributed by atoms with van der Waals surface area (Å²) in [5.74, 6) is 0.872. The van der Waals surface area contributed by atoms with Gasteiger partial charge in [0.05, 0.1) is 24.9 Å². The van der Waals surface area contributed by atoms with Gasteiger partial charge >= 0.3 is 5.97 Å². The lowest BCUT2D eigenvalue weighted by Gasteiger charge is -2.31. The fourth-order valence-electron chi connectivity index (χ4n) is 4.51. The van der Waals surface area contributed by atoms with Gasteiger partial charge in [-0.2, -0.15) is 0 Å². The van der Waals surface area contributed by atoms with Crippen LogP contribution in [0.5, 0.6) is 0 Å². The maximum atomic E-state index is 12.3.